The minimum Gasteiger partial charge on any atom is -0.469 e. The zero-order chi connectivity index (χ0) is 12.0. The van der Waals surface area contributed by atoms with Crippen LogP contribution in [-0.2, 0) is 9.53 Å². The van der Waals surface area contributed by atoms with Gasteiger partial charge >= 0.3 is 5.97 Å². The predicted molar refractivity (Wildman–Crippen MR) is 63.0 cm³/mol. The van der Waals surface area contributed by atoms with E-state index in [4.69, 9.17) is 9.84 Å². The third-order valence-electron chi connectivity index (χ3n) is 4.08. The number of rotatable bonds is 5. The highest BCUT2D eigenvalue weighted by Crippen LogP contribution is 2.45. The second-order valence-corrected chi connectivity index (χ2v) is 4.98. The molecule has 1 aliphatic carbocycles. The lowest BCUT2D eigenvalue weighted by Crippen LogP contribution is -2.40. The van der Waals surface area contributed by atoms with Gasteiger partial charge in [0.15, 0.2) is 0 Å². The number of hydrogen-bond donors (Lipinski definition) is 1. The molecule has 3 heteroatoms. The van der Waals surface area contributed by atoms with E-state index in [0.29, 0.717) is 5.92 Å². The molecule has 1 saturated carbocycles. The van der Waals surface area contributed by atoms with Gasteiger partial charge in [-0.3, -0.25) is 4.79 Å². The van der Waals surface area contributed by atoms with Crippen LogP contribution in [0.2, 0.25) is 0 Å². The third-order valence-corrected chi connectivity index (χ3v) is 4.08. The fourth-order valence-corrected chi connectivity index (χ4v) is 2.95. The second-order valence-electron chi connectivity index (χ2n) is 4.98. The summed E-state index contributed by atoms with van der Waals surface area (Å²) < 4.78 is 4.99. The zero-order valence-electron chi connectivity index (χ0n) is 10.5. The van der Waals surface area contributed by atoms with Gasteiger partial charge in [-0.1, -0.05) is 26.2 Å². The number of aliphatic hydroxyl groups excluding tert-OH is 1. The van der Waals surface area contributed by atoms with Crippen LogP contribution in [0.3, 0.4) is 0 Å². The molecule has 0 aromatic carbocycles. The zero-order valence-corrected chi connectivity index (χ0v) is 10.5. The minimum atomic E-state index is -0.276. The van der Waals surface area contributed by atoms with E-state index < -0.39 is 0 Å². The molecule has 0 spiro atoms. The maximum absolute atomic E-state index is 12.0. The largest absolute Gasteiger partial charge is 0.469 e. The van der Waals surface area contributed by atoms with Gasteiger partial charge in [0.1, 0.15) is 0 Å². The summed E-state index contributed by atoms with van der Waals surface area (Å²) in [7, 11) is 1.48. The fourth-order valence-electron chi connectivity index (χ4n) is 2.95. The lowest BCUT2D eigenvalue weighted by molar-refractivity contribution is -0.159. The van der Waals surface area contributed by atoms with E-state index in [1.807, 2.05) is 0 Å². The van der Waals surface area contributed by atoms with Crippen LogP contribution in [0.25, 0.3) is 0 Å². The van der Waals surface area contributed by atoms with Crippen molar-refractivity contribution in [2.24, 2.45) is 11.3 Å². The maximum Gasteiger partial charge on any atom is 0.312 e. The monoisotopic (exact) mass is 228 g/mol. The summed E-state index contributed by atoms with van der Waals surface area (Å²) in [5, 5.41) is 8.83. The Labute approximate surface area is 98.2 Å². The molecule has 1 N–H and O–H groups in total. The van der Waals surface area contributed by atoms with Crippen LogP contribution in [0.5, 0.6) is 0 Å². The highest BCUT2D eigenvalue weighted by atomic mass is 16.5. The van der Waals surface area contributed by atoms with Crippen molar-refractivity contribution in [2.45, 2.75) is 51.9 Å². The molecule has 0 bridgehead atoms. The fraction of sp³-hybridized carbons (Fsp3) is 0.923. The molecule has 0 saturated heterocycles. The quantitative estimate of drug-likeness (QED) is 0.581. The van der Waals surface area contributed by atoms with Crippen LogP contribution in [0, 0.1) is 11.3 Å². The Hall–Kier alpha value is -0.570. The predicted octanol–water partition coefficient (Wildman–Crippen LogP) is 2.52. The summed E-state index contributed by atoms with van der Waals surface area (Å²) in [5.41, 5.74) is -0.276. The Morgan fingerprint density at radius 1 is 1.44 bits per heavy atom. The van der Waals surface area contributed by atoms with Crippen molar-refractivity contribution in [3.8, 4) is 0 Å². The van der Waals surface area contributed by atoms with Crippen molar-refractivity contribution in [1.82, 2.24) is 0 Å². The first-order valence-corrected chi connectivity index (χ1v) is 6.36. The van der Waals surface area contributed by atoms with Crippen LogP contribution < -0.4 is 0 Å². The first-order valence-electron chi connectivity index (χ1n) is 6.36. The summed E-state index contributed by atoms with van der Waals surface area (Å²) >= 11 is 0. The third kappa shape index (κ3) is 2.76. The molecular formula is C13H24O3. The van der Waals surface area contributed by atoms with Crippen LogP contribution >= 0.6 is 0 Å². The van der Waals surface area contributed by atoms with Gasteiger partial charge < -0.3 is 9.84 Å². The van der Waals surface area contributed by atoms with Crippen molar-refractivity contribution in [1.29, 1.82) is 0 Å². The Kier molecular flexibility index (Phi) is 5.26. The van der Waals surface area contributed by atoms with Crippen molar-refractivity contribution in [3.63, 3.8) is 0 Å². The van der Waals surface area contributed by atoms with Crippen molar-refractivity contribution in [2.75, 3.05) is 13.7 Å². The second kappa shape index (κ2) is 6.24. The number of esters is 1. The molecule has 0 radical (unpaired) electrons. The van der Waals surface area contributed by atoms with Gasteiger partial charge in [0, 0.05) is 6.61 Å². The highest BCUT2D eigenvalue weighted by Gasteiger charge is 2.44. The van der Waals surface area contributed by atoms with Gasteiger partial charge in [-0.25, -0.2) is 0 Å². The van der Waals surface area contributed by atoms with E-state index in [-0.39, 0.29) is 18.0 Å². The Balaban J connectivity index is 2.70. The SMILES string of the molecule is COC(=O)C1(CCCCO)CCCCC1C. The van der Waals surface area contributed by atoms with Gasteiger partial charge in [0.05, 0.1) is 12.5 Å². The summed E-state index contributed by atoms with van der Waals surface area (Å²) in [6, 6.07) is 0. The number of ether oxygens (including phenoxy) is 1. The summed E-state index contributed by atoms with van der Waals surface area (Å²) in [6.45, 7) is 2.38. The number of hydrogen-bond acceptors (Lipinski definition) is 3. The van der Waals surface area contributed by atoms with E-state index in [1.165, 1.54) is 13.5 Å². The molecule has 0 aliphatic heterocycles. The summed E-state index contributed by atoms with van der Waals surface area (Å²) in [4.78, 5) is 12.0. The van der Waals surface area contributed by atoms with E-state index in [0.717, 1.165) is 38.5 Å². The van der Waals surface area contributed by atoms with Crippen LogP contribution in [0.4, 0.5) is 0 Å². The number of methoxy groups -OCH3 is 1. The minimum absolute atomic E-state index is 0.0439. The normalized spacial score (nSPS) is 30.1. The van der Waals surface area contributed by atoms with Crippen LogP contribution in [0.15, 0.2) is 0 Å². The van der Waals surface area contributed by atoms with Gasteiger partial charge in [-0.05, 0) is 31.6 Å². The topological polar surface area (TPSA) is 46.5 Å². The lowest BCUT2D eigenvalue weighted by atomic mass is 9.64. The highest BCUT2D eigenvalue weighted by molar-refractivity contribution is 5.77. The van der Waals surface area contributed by atoms with Crippen LogP contribution in [-0.4, -0.2) is 24.8 Å². The summed E-state index contributed by atoms with van der Waals surface area (Å²) in [5.74, 6) is 0.366. The average molecular weight is 228 g/mol. The number of unbranched alkanes of at least 4 members (excludes halogenated alkanes) is 1. The van der Waals surface area contributed by atoms with E-state index in [9.17, 15) is 4.79 Å². The molecule has 2 atom stereocenters. The number of carbonyl (C=O) groups is 1. The average Bonchev–Trinajstić information content (AvgIpc) is 2.31. The maximum atomic E-state index is 12.0. The standard InChI is InChI=1S/C13H24O3/c1-11-7-3-4-8-13(11,12(15)16-2)9-5-6-10-14/h11,14H,3-10H2,1-2H3. The molecule has 3 nitrogen and oxygen atoms in total. The Morgan fingerprint density at radius 2 is 2.19 bits per heavy atom. The molecule has 0 aromatic heterocycles. The molecule has 1 fully saturated rings. The van der Waals surface area contributed by atoms with Gasteiger partial charge in [0.25, 0.3) is 0 Å². The van der Waals surface area contributed by atoms with Crippen molar-refractivity contribution < 1.29 is 14.6 Å². The van der Waals surface area contributed by atoms with E-state index in [2.05, 4.69) is 6.92 Å². The first kappa shape index (κ1) is 13.5. The van der Waals surface area contributed by atoms with Crippen molar-refractivity contribution in [3.05, 3.63) is 0 Å². The molecule has 0 amide bonds. The van der Waals surface area contributed by atoms with Crippen molar-refractivity contribution >= 4 is 5.97 Å². The van der Waals surface area contributed by atoms with E-state index in [1.54, 1.807) is 0 Å². The Morgan fingerprint density at radius 3 is 2.75 bits per heavy atom. The molecule has 0 aromatic rings. The van der Waals surface area contributed by atoms with Gasteiger partial charge in [0.2, 0.25) is 0 Å². The molecule has 1 rings (SSSR count). The number of carbonyl (C=O) groups excluding carboxylic acids is 1. The molecule has 16 heavy (non-hydrogen) atoms. The molecular weight excluding hydrogens is 204 g/mol. The molecule has 2 unspecified atom stereocenters. The van der Waals surface area contributed by atoms with E-state index >= 15 is 0 Å². The molecule has 0 heterocycles. The van der Waals surface area contributed by atoms with Gasteiger partial charge in [-0.15, -0.1) is 0 Å². The molecule has 94 valence electrons. The van der Waals surface area contributed by atoms with Gasteiger partial charge in [-0.2, -0.15) is 0 Å². The first-order chi connectivity index (χ1) is 7.67. The number of aliphatic hydroxyl groups is 1. The smallest absolute Gasteiger partial charge is 0.312 e. The van der Waals surface area contributed by atoms with Crippen LogP contribution in [0.1, 0.15) is 51.9 Å². The molecule has 1 aliphatic rings. The lowest BCUT2D eigenvalue weighted by Gasteiger charge is -2.40. The summed E-state index contributed by atoms with van der Waals surface area (Å²) in [6.07, 6.45) is 6.97. The Bertz CT molecular complexity index is 227.